The minimum Gasteiger partial charge on any atom is -0.477 e. The van der Waals surface area contributed by atoms with Crippen molar-refractivity contribution < 1.29 is 14.4 Å². The van der Waals surface area contributed by atoms with Crippen LogP contribution in [0, 0.1) is 6.92 Å². The van der Waals surface area contributed by atoms with Crippen molar-refractivity contribution in [1.82, 2.24) is 14.9 Å². The van der Waals surface area contributed by atoms with Crippen LogP contribution in [0.1, 0.15) is 16.1 Å². The highest BCUT2D eigenvalue weighted by Gasteiger charge is 2.22. The zero-order chi connectivity index (χ0) is 12.7. The number of aryl methyl sites for hydroxylation is 1. The van der Waals surface area contributed by atoms with Gasteiger partial charge in [-0.1, -0.05) is 23.4 Å². The summed E-state index contributed by atoms with van der Waals surface area (Å²) in [5, 5.41) is 18.0. The van der Waals surface area contributed by atoms with Crippen LogP contribution in [0.25, 0.3) is 16.8 Å². The van der Waals surface area contributed by atoms with Gasteiger partial charge in [0.1, 0.15) is 5.56 Å². The van der Waals surface area contributed by atoms with Crippen molar-refractivity contribution in [3.05, 3.63) is 41.7 Å². The van der Waals surface area contributed by atoms with Crippen molar-refractivity contribution in [2.75, 3.05) is 0 Å². The Bertz CT molecular complexity index is 709. The van der Waals surface area contributed by atoms with Crippen molar-refractivity contribution in [2.45, 2.75) is 6.92 Å². The maximum atomic E-state index is 11.2. The van der Waals surface area contributed by atoms with Crippen molar-refractivity contribution in [2.24, 2.45) is 0 Å². The summed E-state index contributed by atoms with van der Waals surface area (Å²) in [6, 6.07) is 7.49. The van der Waals surface area contributed by atoms with Crippen molar-refractivity contribution >= 4 is 16.9 Å². The van der Waals surface area contributed by atoms with Crippen LogP contribution in [-0.4, -0.2) is 26.0 Å². The lowest BCUT2D eigenvalue weighted by Gasteiger charge is -1.95. The van der Waals surface area contributed by atoms with E-state index in [1.807, 2.05) is 24.3 Å². The van der Waals surface area contributed by atoms with E-state index in [1.54, 1.807) is 13.1 Å². The fraction of sp³-hybridized carbons (Fsp3) is 0.0833. The number of rotatable bonds is 2. The van der Waals surface area contributed by atoms with Gasteiger partial charge >= 0.3 is 5.97 Å². The average molecular weight is 243 g/mol. The summed E-state index contributed by atoms with van der Waals surface area (Å²) in [5.74, 6) is -0.959. The number of carboxylic acids is 1. The Labute approximate surface area is 101 Å². The van der Waals surface area contributed by atoms with Crippen molar-refractivity contribution in [3.8, 4) is 5.88 Å². The molecule has 18 heavy (non-hydrogen) atoms. The zero-order valence-electron chi connectivity index (χ0n) is 9.49. The second-order valence-electron chi connectivity index (χ2n) is 3.89. The van der Waals surface area contributed by atoms with Crippen LogP contribution in [0.4, 0.5) is 0 Å². The second kappa shape index (κ2) is 3.69. The third-order valence-electron chi connectivity index (χ3n) is 2.68. The highest BCUT2D eigenvalue weighted by Crippen LogP contribution is 2.20. The Morgan fingerprint density at radius 1 is 1.39 bits per heavy atom. The van der Waals surface area contributed by atoms with Gasteiger partial charge < -0.3 is 9.63 Å². The third kappa shape index (κ3) is 1.46. The largest absolute Gasteiger partial charge is 0.477 e. The average Bonchev–Trinajstić information content (AvgIpc) is 2.91. The molecule has 0 bridgehead atoms. The number of aromatic nitrogens is 3. The van der Waals surface area contributed by atoms with Gasteiger partial charge in [0.2, 0.25) is 0 Å². The van der Waals surface area contributed by atoms with Crippen molar-refractivity contribution in [3.63, 3.8) is 0 Å². The van der Waals surface area contributed by atoms with E-state index in [0.29, 0.717) is 5.69 Å². The molecule has 3 aromatic rings. The van der Waals surface area contributed by atoms with E-state index in [0.717, 1.165) is 10.9 Å². The monoisotopic (exact) mass is 243 g/mol. The Balaban J connectivity index is 2.23. The molecular formula is C12H9N3O3. The van der Waals surface area contributed by atoms with Crippen LogP contribution < -0.4 is 0 Å². The lowest BCUT2D eigenvalue weighted by Crippen LogP contribution is -2.04. The molecule has 1 aromatic carbocycles. The molecule has 0 fully saturated rings. The molecule has 3 rings (SSSR count). The number of aromatic carboxylic acids is 1. The normalized spacial score (nSPS) is 10.9. The molecular weight excluding hydrogens is 234 g/mol. The number of hydrogen-bond donors (Lipinski definition) is 1. The quantitative estimate of drug-likeness (QED) is 0.744. The smallest absolute Gasteiger partial charge is 0.343 e. The molecule has 0 radical (unpaired) electrons. The molecule has 6 heteroatoms. The Morgan fingerprint density at radius 3 is 2.89 bits per heavy atom. The maximum Gasteiger partial charge on any atom is 0.343 e. The minimum absolute atomic E-state index is 0.0304. The number of nitrogens with zero attached hydrogens (tertiary/aromatic N) is 3. The van der Waals surface area contributed by atoms with Crippen LogP contribution in [0.15, 0.2) is 35.0 Å². The van der Waals surface area contributed by atoms with Gasteiger partial charge in [-0.15, -0.1) is 0 Å². The predicted octanol–water partition coefficient (Wildman–Crippen LogP) is 2.02. The van der Waals surface area contributed by atoms with Gasteiger partial charge in [-0.3, -0.25) is 0 Å². The Kier molecular flexibility index (Phi) is 2.16. The second-order valence-corrected chi connectivity index (χ2v) is 3.89. The maximum absolute atomic E-state index is 11.2. The van der Waals surface area contributed by atoms with Gasteiger partial charge in [0.25, 0.3) is 5.88 Å². The first kappa shape index (κ1) is 10.5. The van der Waals surface area contributed by atoms with Gasteiger partial charge in [0.05, 0.1) is 11.2 Å². The summed E-state index contributed by atoms with van der Waals surface area (Å²) >= 11 is 0. The van der Waals surface area contributed by atoms with Crippen LogP contribution in [0.5, 0.6) is 0 Å². The molecule has 2 heterocycles. The number of carbonyl (C=O) groups is 1. The molecule has 2 aromatic heterocycles. The Morgan fingerprint density at radius 2 is 2.17 bits per heavy atom. The number of carboxylic acid groups (broad SMARTS) is 1. The highest BCUT2D eigenvalue weighted by atomic mass is 16.5. The number of hydrogen-bond acceptors (Lipinski definition) is 4. The summed E-state index contributed by atoms with van der Waals surface area (Å²) in [5.41, 5.74) is 1.13. The molecule has 90 valence electrons. The third-order valence-corrected chi connectivity index (χ3v) is 2.68. The Hall–Kier alpha value is -2.63. The summed E-state index contributed by atoms with van der Waals surface area (Å²) in [7, 11) is 0. The molecule has 0 amide bonds. The molecule has 1 N–H and O–H groups in total. The summed E-state index contributed by atoms with van der Waals surface area (Å²) < 4.78 is 6.44. The van der Waals surface area contributed by atoms with Crippen LogP contribution in [0.3, 0.4) is 0 Å². The lowest BCUT2D eigenvalue weighted by molar-refractivity contribution is 0.0695. The highest BCUT2D eigenvalue weighted by molar-refractivity contribution is 5.92. The van der Waals surface area contributed by atoms with E-state index >= 15 is 0 Å². The molecule has 0 unspecified atom stereocenters. The zero-order valence-corrected chi connectivity index (χ0v) is 9.49. The van der Waals surface area contributed by atoms with E-state index in [1.165, 1.54) is 4.68 Å². The number of benzene rings is 1. The predicted molar refractivity (Wildman–Crippen MR) is 62.8 cm³/mol. The first-order valence-corrected chi connectivity index (χ1v) is 5.31. The molecule has 0 atom stereocenters. The van der Waals surface area contributed by atoms with Gasteiger partial charge in [-0.05, 0) is 13.0 Å². The van der Waals surface area contributed by atoms with Gasteiger partial charge in [0.15, 0.2) is 0 Å². The van der Waals surface area contributed by atoms with Crippen LogP contribution in [0.2, 0.25) is 0 Å². The van der Waals surface area contributed by atoms with Crippen molar-refractivity contribution in [1.29, 1.82) is 0 Å². The fourth-order valence-corrected chi connectivity index (χ4v) is 1.83. The van der Waals surface area contributed by atoms with Gasteiger partial charge in [-0.25, -0.2) is 9.48 Å². The number of fused-ring (bicyclic) bond motifs is 1. The summed E-state index contributed by atoms with van der Waals surface area (Å²) in [6.45, 7) is 1.58. The van der Waals surface area contributed by atoms with E-state index in [-0.39, 0.29) is 11.4 Å². The summed E-state index contributed by atoms with van der Waals surface area (Å²) in [4.78, 5) is 11.2. The standard InChI is InChI=1S/C12H9N3O3/c1-7-10(12(16)17)11(18-14-7)15-6-8-4-2-3-5-9(8)13-15/h2-6H,1H3,(H,16,17). The van der Waals surface area contributed by atoms with Crippen LogP contribution in [-0.2, 0) is 0 Å². The summed E-state index contributed by atoms with van der Waals surface area (Å²) in [6.07, 6.45) is 1.71. The molecule has 0 aliphatic carbocycles. The molecule has 0 aliphatic rings. The molecule has 0 spiro atoms. The molecule has 0 saturated carbocycles. The SMILES string of the molecule is Cc1noc(-n2cc3ccccc3n2)c1C(=O)O. The minimum atomic E-state index is -1.08. The van der Waals surface area contributed by atoms with Gasteiger partial charge in [-0.2, -0.15) is 5.10 Å². The topological polar surface area (TPSA) is 81.2 Å². The first-order chi connectivity index (χ1) is 8.66. The fourth-order valence-electron chi connectivity index (χ4n) is 1.83. The molecule has 0 saturated heterocycles. The van der Waals surface area contributed by atoms with E-state index in [2.05, 4.69) is 10.3 Å². The first-order valence-electron chi connectivity index (χ1n) is 5.31. The van der Waals surface area contributed by atoms with E-state index in [4.69, 9.17) is 9.63 Å². The van der Waals surface area contributed by atoms with E-state index < -0.39 is 5.97 Å². The lowest BCUT2D eigenvalue weighted by atomic mass is 10.2. The van der Waals surface area contributed by atoms with Gasteiger partial charge in [0, 0.05) is 11.6 Å². The molecule has 0 aliphatic heterocycles. The van der Waals surface area contributed by atoms with E-state index in [9.17, 15) is 4.79 Å². The van der Waals surface area contributed by atoms with Crippen LogP contribution >= 0.6 is 0 Å². The molecule has 6 nitrogen and oxygen atoms in total.